The van der Waals surface area contributed by atoms with Crippen LogP contribution in [-0.4, -0.2) is 13.0 Å². The van der Waals surface area contributed by atoms with Gasteiger partial charge in [-0.05, 0) is 24.3 Å². The molecule has 5 heteroatoms. The second-order valence-electron chi connectivity index (χ2n) is 2.22. The fraction of sp³-hybridized carbons (Fsp3) is 0.125. The van der Waals surface area contributed by atoms with Crippen molar-refractivity contribution in [2.75, 3.05) is 0 Å². The van der Waals surface area contributed by atoms with Gasteiger partial charge in [-0.2, -0.15) is 0 Å². The molecule has 0 fully saturated rings. The maximum atomic E-state index is 11.1. The monoisotopic (exact) mass is 404 g/mol. The highest BCUT2D eigenvalue weighted by atomic mass is 127. The smallest absolute Gasteiger partial charge is 0.334 e. The third kappa shape index (κ3) is 3.67. The van der Waals surface area contributed by atoms with E-state index < -0.39 is 0 Å². The van der Waals surface area contributed by atoms with Gasteiger partial charge in [-0.1, -0.05) is 45.2 Å². The topological polar surface area (TPSA) is 46.5 Å². The van der Waals surface area contributed by atoms with Crippen LogP contribution in [0.1, 0.15) is 0 Å². The molecule has 1 rings (SSSR count). The highest BCUT2D eigenvalue weighted by Gasteiger charge is 2.12. The number of hydrogen-bond acceptors (Lipinski definition) is 3. The molecule has 1 N–H and O–H groups in total. The minimum atomic E-state index is -0.299. The van der Waals surface area contributed by atoms with Gasteiger partial charge in [-0.25, -0.2) is 4.79 Å². The van der Waals surface area contributed by atoms with Gasteiger partial charge in [-0.3, -0.25) is 0 Å². The summed E-state index contributed by atoms with van der Waals surface area (Å²) >= 11 is 3.93. The number of ether oxygens (including phenoxy) is 1. The molecule has 13 heavy (non-hydrogen) atoms. The molecule has 0 heterocycles. The SMILES string of the molecule is O=C(Oc1ccc(O)cc1)C(I)I. The Hall–Kier alpha value is -0.0500. The first-order valence-electron chi connectivity index (χ1n) is 3.38. The van der Waals surface area contributed by atoms with Gasteiger partial charge in [-0.15, -0.1) is 0 Å². The summed E-state index contributed by atoms with van der Waals surface area (Å²) in [5, 5.41) is 8.96. The molecule has 0 aliphatic heterocycles. The molecule has 0 atom stereocenters. The Morgan fingerprint density at radius 1 is 1.31 bits per heavy atom. The normalized spacial score (nSPS) is 10.1. The lowest BCUT2D eigenvalue weighted by Gasteiger charge is -2.04. The number of phenolic OH excluding ortho intramolecular Hbond substituents is 1. The van der Waals surface area contributed by atoms with Crippen molar-refractivity contribution >= 4 is 51.2 Å². The van der Waals surface area contributed by atoms with Crippen molar-refractivity contribution < 1.29 is 14.6 Å². The highest BCUT2D eigenvalue weighted by molar-refractivity contribution is 14.2. The molecule has 0 aromatic heterocycles. The van der Waals surface area contributed by atoms with E-state index >= 15 is 0 Å². The molecule has 1 aromatic rings. The molecular formula is C8H6I2O3. The van der Waals surface area contributed by atoms with E-state index in [0.29, 0.717) is 5.75 Å². The first-order valence-corrected chi connectivity index (χ1v) is 5.87. The standard InChI is InChI=1S/C8H6I2O3/c9-7(10)8(12)13-6-3-1-5(11)2-4-6/h1-4,7,11H. The number of phenols is 1. The van der Waals surface area contributed by atoms with Crippen LogP contribution in [0.2, 0.25) is 0 Å². The first kappa shape index (κ1) is 11.0. The van der Waals surface area contributed by atoms with E-state index in [-0.39, 0.29) is 13.7 Å². The second kappa shape index (κ2) is 4.99. The van der Waals surface area contributed by atoms with Crippen LogP contribution in [0.4, 0.5) is 0 Å². The molecule has 0 aliphatic carbocycles. The summed E-state index contributed by atoms with van der Waals surface area (Å²) in [4.78, 5) is 11.1. The maximum absolute atomic E-state index is 11.1. The van der Waals surface area contributed by atoms with Crippen molar-refractivity contribution in [3.05, 3.63) is 24.3 Å². The minimum Gasteiger partial charge on any atom is -0.508 e. The van der Waals surface area contributed by atoms with Crippen LogP contribution in [0.25, 0.3) is 0 Å². The number of alkyl halides is 2. The van der Waals surface area contributed by atoms with Crippen molar-refractivity contribution in [3.63, 3.8) is 0 Å². The van der Waals surface area contributed by atoms with E-state index in [1.165, 1.54) is 12.1 Å². The number of carbonyl (C=O) groups is 1. The molecule has 0 amide bonds. The quantitative estimate of drug-likeness (QED) is 0.357. The molecule has 0 bridgehead atoms. The van der Waals surface area contributed by atoms with Crippen LogP contribution in [0.3, 0.4) is 0 Å². The third-order valence-electron chi connectivity index (χ3n) is 1.23. The van der Waals surface area contributed by atoms with E-state index in [1.807, 2.05) is 45.2 Å². The van der Waals surface area contributed by atoms with E-state index in [0.717, 1.165) is 0 Å². The summed E-state index contributed by atoms with van der Waals surface area (Å²) in [5.74, 6) is 0.299. The third-order valence-corrected chi connectivity index (χ3v) is 2.25. The molecular weight excluding hydrogens is 398 g/mol. The van der Waals surface area contributed by atoms with Crippen molar-refractivity contribution in [2.45, 2.75) is 1.93 Å². The highest BCUT2D eigenvalue weighted by Crippen LogP contribution is 2.19. The van der Waals surface area contributed by atoms with Crippen LogP contribution in [0.5, 0.6) is 11.5 Å². The molecule has 0 aliphatic rings. The minimum absolute atomic E-state index is 0.153. The molecule has 0 unspecified atom stereocenters. The van der Waals surface area contributed by atoms with E-state index in [4.69, 9.17) is 9.84 Å². The Bertz CT molecular complexity index is 295. The number of aromatic hydroxyl groups is 1. The molecule has 0 saturated carbocycles. The van der Waals surface area contributed by atoms with E-state index in [1.54, 1.807) is 12.1 Å². The Labute approximate surface area is 103 Å². The van der Waals surface area contributed by atoms with Crippen LogP contribution in [0, 0.1) is 0 Å². The van der Waals surface area contributed by atoms with Crippen molar-refractivity contribution in [2.24, 2.45) is 0 Å². The lowest BCUT2D eigenvalue weighted by atomic mass is 10.3. The fourth-order valence-electron chi connectivity index (χ4n) is 0.675. The summed E-state index contributed by atoms with van der Waals surface area (Å²) in [6, 6.07) is 6.03. The van der Waals surface area contributed by atoms with Gasteiger partial charge in [0.05, 0.1) is 0 Å². The Morgan fingerprint density at radius 2 is 1.85 bits per heavy atom. The van der Waals surface area contributed by atoms with Crippen LogP contribution < -0.4 is 4.74 Å². The number of esters is 1. The average Bonchev–Trinajstić information content (AvgIpc) is 2.08. The predicted molar refractivity (Wildman–Crippen MR) is 65.6 cm³/mol. The zero-order valence-corrected chi connectivity index (χ0v) is 10.7. The fourth-order valence-corrected chi connectivity index (χ4v) is 0.929. The summed E-state index contributed by atoms with van der Waals surface area (Å²) in [7, 11) is 0. The number of halogens is 2. The predicted octanol–water partition coefficient (Wildman–Crippen LogP) is 2.49. The molecule has 70 valence electrons. The van der Waals surface area contributed by atoms with Gasteiger partial charge >= 0.3 is 5.97 Å². The molecule has 0 saturated heterocycles. The van der Waals surface area contributed by atoms with Crippen LogP contribution >= 0.6 is 45.2 Å². The number of benzene rings is 1. The Balaban J connectivity index is 2.65. The maximum Gasteiger partial charge on any atom is 0.334 e. The van der Waals surface area contributed by atoms with Gasteiger partial charge in [0.25, 0.3) is 0 Å². The Morgan fingerprint density at radius 3 is 2.31 bits per heavy atom. The lowest BCUT2D eigenvalue weighted by molar-refractivity contribution is -0.131. The zero-order chi connectivity index (χ0) is 9.84. The van der Waals surface area contributed by atoms with Crippen molar-refractivity contribution in [1.29, 1.82) is 0 Å². The van der Waals surface area contributed by atoms with Crippen molar-refractivity contribution in [1.82, 2.24) is 0 Å². The van der Waals surface area contributed by atoms with E-state index in [9.17, 15) is 4.79 Å². The second-order valence-corrected chi connectivity index (χ2v) is 7.09. The van der Waals surface area contributed by atoms with Gasteiger partial charge in [0, 0.05) is 0 Å². The lowest BCUT2D eigenvalue weighted by Crippen LogP contribution is -2.14. The van der Waals surface area contributed by atoms with Crippen molar-refractivity contribution in [3.8, 4) is 11.5 Å². The summed E-state index contributed by atoms with van der Waals surface area (Å²) in [6.07, 6.45) is 0. The molecule has 0 radical (unpaired) electrons. The summed E-state index contributed by atoms with van der Waals surface area (Å²) < 4.78 is 4.76. The number of rotatable bonds is 2. The average molecular weight is 404 g/mol. The van der Waals surface area contributed by atoms with Crippen LogP contribution in [-0.2, 0) is 4.79 Å². The van der Waals surface area contributed by atoms with E-state index in [2.05, 4.69) is 0 Å². The Kier molecular flexibility index (Phi) is 4.23. The number of hydrogen-bond donors (Lipinski definition) is 1. The molecule has 3 nitrogen and oxygen atoms in total. The first-order chi connectivity index (χ1) is 6.09. The summed E-state index contributed by atoms with van der Waals surface area (Å²) in [6.45, 7) is 0. The van der Waals surface area contributed by atoms with Crippen LogP contribution in [0.15, 0.2) is 24.3 Å². The van der Waals surface area contributed by atoms with Gasteiger partial charge in [0.2, 0.25) is 0 Å². The zero-order valence-electron chi connectivity index (χ0n) is 6.41. The van der Waals surface area contributed by atoms with Gasteiger partial charge in [0.1, 0.15) is 11.5 Å². The molecule has 0 spiro atoms. The van der Waals surface area contributed by atoms with Gasteiger partial charge < -0.3 is 9.84 Å². The van der Waals surface area contributed by atoms with Gasteiger partial charge in [0.15, 0.2) is 1.93 Å². The number of carbonyl (C=O) groups excluding carboxylic acids is 1. The largest absolute Gasteiger partial charge is 0.508 e. The summed E-state index contributed by atoms with van der Waals surface area (Å²) in [5.41, 5.74) is 0. The molecule has 1 aromatic carbocycles.